The number of nitro benzene ring substituents is 1. The molecule has 0 aliphatic heterocycles. The van der Waals surface area contributed by atoms with Crippen LogP contribution in [-0.4, -0.2) is 25.8 Å². The largest absolute Gasteiger partial charge is 0.324 e. The van der Waals surface area contributed by atoms with Crippen LogP contribution in [0, 0.1) is 15.9 Å². The Morgan fingerprint density at radius 1 is 1.00 bits per heavy atom. The maximum absolute atomic E-state index is 13.4. The molecule has 0 atom stereocenters. The van der Waals surface area contributed by atoms with Gasteiger partial charge in [-0.25, -0.2) is 12.8 Å². The van der Waals surface area contributed by atoms with Crippen LogP contribution in [0.15, 0.2) is 83.8 Å². The average molecular weight is 429 g/mol. The molecule has 0 bridgehead atoms. The second-order valence-corrected chi connectivity index (χ2v) is 7.96. The minimum atomic E-state index is -4.47. The van der Waals surface area contributed by atoms with Crippen LogP contribution in [0.1, 0.15) is 0 Å². The number of amides is 1. The standard InChI is InChI=1S/C20H16FN3O5S/c21-15-7-6-8-16(13-15)22-20(25)14-23(17-9-2-1-3-10-17)30(28,29)19-12-5-4-11-18(19)24(26)27/h1-13H,14H2,(H,22,25). The summed E-state index contributed by atoms with van der Waals surface area (Å²) in [7, 11) is -4.47. The normalized spacial score (nSPS) is 11.0. The third kappa shape index (κ3) is 4.61. The minimum Gasteiger partial charge on any atom is -0.324 e. The first kappa shape index (κ1) is 20.9. The van der Waals surface area contributed by atoms with E-state index in [9.17, 15) is 27.7 Å². The first-order valence-corrected chi connectivity index (χ1v) is 10.1. The number of nitrogens with zero attached hydrogens (tertiary/aromatic N) is 2. The average Bonchev–Trinajstić information content (AvgIpc) is 2.72. The highest BCUT2D eigenvalue weighted by atomic mass is 32.2. The molecule has 3 aromatic carbocycles. The number of nitrogens with one attached hydrogen (secondary N) is 1. The molecule has 3 aromatic rings. The van der Waals surface area contributed by atoms with Crippen molar-refractivity contribution >= 4 is 33.0 Å². The Hall–Kier alpha value is -3.79. The Labute approximate surface area is 171 Å². The highest BCUT2D eigenvalue weighted by Gasteiger charge is 2.33. The molecule has 10 heteroatoms. The van der Waals surface area contributed by atoms with E-state index in [-0.39, 0.29) is 11.4 Å². The van der Waals surface area contributed by atoms with Gasteiger partial charge in [0.1, 0.15) is 12.4 Å². The van der Waals surface area contributed by atoms with Gasteiger partial charge >= 0.3 is 0 Å². The topological polar surface area (TPSA) is 110 Å². The van der Waals surface area contributed by atoms with Gasteiger partial charge in [-0.1, -0.05) is 36.4 Å². The highest BCUT2D eigenvalue weighted by Crippen LogP contribution is 2.29. The van der Waals surface area contributed by atoms with E-state index in [0.29, 0.717) is 0 Å². The summed E-state index contributed by atoms with van der Waals surface area (Å²) >= 11 is 0. The van der Waals surface area contributed by atoms with Crippen molar-refractivity contribution in [3.05, 3.63) is 94.8 Å². The van der Waals surface area contributed by atoms with Crippen molar-refractivity contribution < 1.29 is 22.5 Å². The first-order chi connectivity index (χ1) is 14.3. The number of anilines is 2. The van der Waals surface area contributed by atoms with Gasteiger partial charge in [0.25, 0.3) is 15.7 Å². The number of carbonyl (C=O) groups excluding carboxylic acids is 1. The molecule has 1 amide bonds. The number of hydrogen-bond acceptors (Lipinski definition) is 5. The maximum Gasteiger partial charge on any atom is 0.289 e. The SMILES string of the molecule is O=C(CN(c1ccccc1)S(=O)(=O)c1ccccc1[N+](=O)[O-])Nc1cccc(F)c1. The molecule has 3 rings (SSSR count). The maximum atomic E-state index is 13.4. The smallest absolute Gasteiger partial charge is 0.289 e. The predicted molar refractivity (Wildman–Crippen MR) is 109 cm³/mol. The Balaban J connectivity index is 1.99. The number of rotatable bonds is 7. The van der Waals surface area contributed by atoms with Crippen molar-refractivity contribution in [2.24, 2.45) is 0 Å². The van der Waals surface area contributed by atoms with Crippen LogP contribution in [-0.2, 0) is 14.8 Å². The lowest BCUT2D eigenvalue weighted by Gasteiger charge is -2.24. The van der Waals surface area contributed by atoms with Gasteiger partial charge in [-0.05, 0) is 36.4 Å². The van der Waals surface area contributed by atoms with Gasteiger partial charge < -0.3 is 5.32 Å². The van der Waals surface area contributed by atoms with Crippen molar-refractivity contribution in [1.82, 2.24) is 0 Å². The Morgan fingerprint density at radius 3 is 2.33 bits per heavy atom. The number of nitro groups is 1. The van der Waals surface area contributed by atoms with Crippen molar-refractivity contribution in [2.75, 3.05) is 16.2 Å². The number of para-hydroxylation sites is 2. The minimum absolute atomic E-state index is 0.144. The Morgan fingerprint density at radius 2 is 1.67 bits per heavy atom. The molecular formula is C20H16FN3O5S. The zero-order valence-corrected chi connectivity index (χ0v) is 16.3. The molecule has 0 fully saturated rings. The van der Waals surface area contributed by atoms with Crippen LogP contribution in [0.2, 0.25) is 0 Å². The van der Waals surface area contributed by atoms with E-state index >= 15 is 0 Å². The van der Waals surface area contributed by atoms with Crippen molar-refractivity contribution in [3.63, 3.8) is 0 Å². The molecule has 0 unspecified atom stereocenters. The van der Waals surface area contributed by atoms with Gasteiger partial charge in [0.15, 0.2) is 4.90 Å². The van der Waals surface area contributed by atoms with Crippen LogP contribution in [0.4, 0.5) is 21.5 Å². The molecule has 0 aliphatic carbocycles. The summed E-state index contributed by atoms with van der Waals surface area (Å²) in [5, 5.41) is 13.8. The van der Waals surface area contributed by atoms with Gasteiger partial charge in [0.2, 0.25) is 5.91 Å². The summed E-state index contributed by atoms with van der Waals surface area (Å²) in [4.78, 5) is 22.5. The van der Waals surface area contributed by atoms with Gasteiger partial charge in [0.05, 0.1) is 10.6 Å². The van der Waals surface area contributed by atoms with Crippen LogP contribution >= 0.6 is 0 Å². The second-order valence-electron chi connectivity index (χ2n) is 6.13. The van der Waals surface area contributed by atoms with Gasteiger partial charge in [0, 0.05) is 11.8 Å². The van der Waals surface area contributed by atoms with Crippen molar-refractivity contribution in [3.8, 4) is 0 Å². The summed E-state index contributed by atoms with van der Waals surface area (Å²) < 4.78 is 40.7. The Kier molecular flexibility index (Phi) is 6.07. The zero-order chi connectivity index (χ0) is 21.7. The van der Waals surface area contributed by atoms with Crippen molar-refractivity contribution in [1.29, 1.82) is 0 Å². The summed E-state index contributed by atoms with van der Waals surface area (Å²) in [6.07, 6.45) is 0. The van der Waals surface area contributed by atoms with E-state index in [1.165, 1.54) is 42.5 Å². The zero-order valence-electron chi connectivity index (χ0n) is 15.4. The third-order valence-electron chi connectivity index (χ3n) is 4.07. The monoisotopic (exact) mass is 429 g/mol. The van der Waals surface area contributed by atoms with Crippen molar-refractivity contribution in [2.45, 2.75) is 4.90 Å². The fourth-order valence-electron chi connectivity index (χ4n) is 2.75. The number of halogens is 1. The van der Waals surface area contributed by atoms with E-state index in [2.05, 4.69) is 5.32 Å². The lowest BCUT2D eigenvalue weighted by Crippen LogP contribution is -2.38. The van der Waals surface area contributed by atoms with E-state index < -0.39 is 43.8 Å². The molecule has 0 spiro atoms. The summed E-state index contributed by atoms with van der Waals surface area (Å²) in [5.74, 6) is -1.31. The molecule has 0 aromatic heterocycles. The molecule has 0 aliphatic rings. The molecule has 8 nitrogen and oxygen atoms in total. The van der Waals surface area contributed by atoms with Crippen LogP contribution in [0.5, 0.6) is 0 Å². The summed E-state index contributed by atoms with van der Waals surface area (Å²) in [5.41, 5.74) is -0.315. The summed E-state index contributed by atoms with van der Waals surface area (Å²) in [6, 6.07) is 17.7. The van der Waals surface area contributed by atoms with E-state index in [1.54, 1.807) is 18.2 Å². The third-order valence-corrected chi connectivity index (χ3v) is 5.89. The number of sulfonamides is 1. The van der Waals surface area contributed by atoms with Gasteiger partial charge in [-0.3, -0.25) is 19.2 Å². The fourth-order valence-corrected chi connectivity index (χ4v) is 4.33. The lowest BCUT2D eigenvalue weighted by atomic mass is 10.3. The first-order valence-electron chi connectivity index (χ1n) is 8.65. The van der Waals surface area contributed by atoms with Gasteiger partial charge in [-0.15, -0.1) is 0 Å². The van der Waals surface area contributed by atoms with Crippen LogP contribution in [0.3, 0.4) is 0 Å². The van der Waals surface area contributed by atoms with E-state index in [4.69, 9.17) is 0 Å². The van der Waals surface area contributed by atoms with Gasteiger partial charge in [-0.2, -0.15) is 0 Å². The highest BCUT2D eigenvalue weighted by molar-refractivity contribution is 7.93. The molecule has 0 saturated carbocycles. The molecule has 0 heterocycles. The number of hydrogen-bond donors (Lipinski definition) is 1. The Bertz CT molecular complexity index is 1190. The second kappa shape index (κ2) is 8.70. The lowest BCUT2D eigenvalue weighted by molar-refractivity contribution is -0.387. The van der Waals surface area contributed by atoms with Crippen LogP contribution < -0.4 is 9.62 Å². The fraction of sp³-hybridized carbons (Fsp3) is 0.0500. The molecule has 30 heavy (non-hydrogen) atoms. The molecule has 1 N–H and O–H groups in total. The van der Waals surface area contributed by atoms with Crippen LogP contribution in [0.25, 0.3) is 0 Å². The molecule has 0 saturated heterocycles. The van der Waals surface area contributed by atoms with E-state index in [0.717, 1.165) is 22.5 Å². The predicted octanol–water partition coefficient (Wildman–Crippen LogP) is 3.57. The van der Waals surface area contributed by atoms with E-state index in [1.807, 2.05) is 0 Å². The molecule has 154 valence electrons. The number of carbonyl (C=O) groups is 1. The number of benzene rings is 3. The molecular weight excluding hydrogens is 413 g/mol. The quantitative estimate of drug-likeness (QED) is 0.456. The molecule has 0 radical (unpaired) electrons. The summed E-state index contributed by atoms with van der Waals surface area (Å²) in [6.45, 7) is -0.672.